The van der Waals surface area contributed by atoms with Crippen molar-refractivity contribution < 1.29 is 14.3 Å². The molecule has 162 valence electrons. The Balaban J connectivity index is 1.53. The lowest BCUT2D eigenvalue weighted by Crippen LogP contribution is -2.24. The van der Waals surface area contributed by atoms with E-state index in [1.807, 2.05) is 15.5 Å². The molecule has 1 fully saturated rings. The van der Waals surface area contributed by atoms with Crippen LogP contribution in [0, 0.1) is 13.8 Å². The second-order valence-corrected chi connectivity index (χ2v) is 8.97. The second-order valence-electron chi connectivity index (χ2n) is 8.97. The average Bonchev–Trinajstić information content (AvgIpc) is 3.37. The minimum Gasteiger partial charge on any atom is -0.480 e. The number of pyridine rings is 1. The van der Waals surface area contributed by atoms with Crippen molar-refractivity contribution in [3.63, 3.8) is 0 Å². The van der Waals surface area contributed by atoms with Crippen molar-refractivity contribution >= 4 is 28.0 Å². The van der Waals surface area contributed by atoms with Gasteiger partial charge in [0, 0.05) is 31.4 Å². The number of aryl methyl sites for hydroxylation is 2. The van der Waals surface area contributed by atoms with Crippen LogP contribution in [0.25, 0.3) is 33.1 Å². The van der Waals surface area contributed by atoms with Gasteiger partial charge < -0.3 is 14.1 Å². The summed E-state index contributed by atoms with van der Waals surface area (Å²) in [6.45, 7) is 5.16. The third kappa shape index (κ3) is 2.88. The summed E-state index contributed by atoms with van der Waals surface area (Å²) in [6, 6.07) is 10.7. The molecule has 7 heteroatoms. The van der Waals surface area contributed by atoms with Gasteiger partial charge in [-0.2, -0.15) is 0 Å². The molecular weight excluding hydrogens is 406 g/mol. The first-order valence-electron chi connectivity index (χ1n) is 10.9. The SMILES string of the molecule is Cc1nc2c(=O)n(C3CC3)c3c(C)c(-c4ccc5c(c4)CN(CC(=O)O)C5)ccc3c2o1. The molecule has 0 unspecified atom stereocenters. The first-order valence-corrected chi connectivity index (χ1v) is 10.9. The molecule has 1 N–H and O–H groups in total. The van der Waals surface area contributed by atoms with Gasteiger partial charge in [0.05, 0.1) is 12.1 Å². The zero-order valence-corrected chi connectivity index (χ0v) is 18.0. The molecule has 0 radical (unpaired) electrons. The summed E-state index contributed by atoms with van der Waals surface area (Å²) >= 11 is 0. The van der Waals surface area contributed by atoms with Gasteiger partial charge in [-0.05, 0) is 59.7 Å². The molecule has 6 rings (SSSR count). The number of hydrogen-bond donors (Lipinski definition) is 1. The Kier molecular flexibility index (Phi) is 4.07. The Labute approximate surface area is 183 Å². The maximum absolute atomic E-state index is 13.3. The van der Waals surface area contributed by atoms with Gasteiger partial charge in [-0.1, -0.05) is 18.2 Å². The lowest BCUT2D eigenvalue weighted by Gasteiger charge is -2.16. The molecule has 2 aromatic heterocycles. The Morgan fingerprint density at radius 1 is 1.16 bits per heavy atom. The molecule has 0 amide bonds. The molecule has 1 aliphatic carbocycles. The van der Waals surface area contributed by atoms with E-state index in [0.29, 0.717) is 30.1 Å². The van der Waals surface area contributed by atoms with E-state index in [4.69, 9.17) is 9.52 Å². The van der Waals surface area contributed by atoms with E-state index in [1.54, 1.807) is 6.92 Å². The van der Waals surface area contributed by atoms with Crippen molar-refractivity contribution in [1.82, 2.24) is 14.5 Å². The molecule has 0 spiro atoms. The van der Waals surface area contributed by atoms with Crippen molar-refractivity contribution in [1.29, 1.82) is 0 Å². The first kappa shape index (κ1) is 19.3. The summed E-state index contributed by atoms with van der Waals surface area (Å²) in [6.07, 6.45) is 2.00. The van der Waals surface area contributed by atoms with Gasteiger partial charge in [0.25, 0.3) is 5.56 Å². The standard InChI is InChI=1S/C25H23N3O4/c1-13-19(15-3-4-16-10-27(12-21(29)30)11-17(16)9-15)7-8-20-23(13)28(18-5-6-18)25(31)22-24(20)32-14(2)26-22/h3-4,7-9,18H,5-6,10-12H2,1-2H3,(H,29,30). The third-order valence-corrected chi connectivity index (χ3v) is 6.65. The normalized spacial score (nSPS) is 16.2. The molecule has 0 saturated heterocycles. The van der Waals surface area contributed by atoms with Gasteiger partial charge in [-0.15, -0.1) is 0 Å². The second kappa shape index (κ2) is 6.77. The first-order chi connectivity index (χ1) is 15.4. The number of aliphatic carboxylic acids is 1. The largest absolute Gasteiger partial charge is 0.480 e. The van der Waals surface area contributed by atoms with Crippen LogP contribution in [0.4, 0.5) is 0 Å². The van der Waals surface area contributed by atoms with Crippen LogP contribution in [0.2, 0.25) is 0 Å². The van der Waals surface area contributed by atoms with Gasteiger partial charge >= 0.3 is 5.97 Å². The van der Waals surface area contributed by atoms with Gasteiger partial charge in [-0.25, -0.2) is 4.98 Å². The van der Waals surface area contributed by atoms with Crippen LogP contribution in [0.1, 0.15) is 41.5 Å². The van der Waals surface area contributed by atoms with Crippen molar-refractivity contribution in [2.75, 3.05) is 6.54 Å². The minimum atomic E-state index is -0.810. The van der Waals surface area contributed by atoms with Crippen LogP contribution in [0.5, 0.6) is 0 Å². The van der Waals surface area contributed by atoms with Crippen molar-refractivity contribution in [2.45, 2.75) is 45.8 Å². The number of aromatic nitrogens is 2. The number of fused-ring (bicyclic) bond motifs is 4. The maximum atomic E-state index is 13.3. The van der Waals surface area contributed by atoms with Gasteiger partial charge in [0.15, 0.2) is 17.0 Å². The highest BCUT2D eigenvalue weighted by Crippen LogP contribution is 2.40. The van der Waals surface area contributed by atoms with Crippen LogP contribution >= 0.6 is 0 Å². The fourth-order valence-electron chi connectivity index (χ4n) is 5.09. The predicted octanol–water partition coefficient (Wildman–Crippen LogP) is 4.16. The zero-order chi connectivity index (χ0) is 22.1. The van der Waals surface area contributed by atoms with Crippen molar-refractivity contribution in [3.05, 3.63) is 63.3 Å². The van der Waals surface area contributed by atoms with Crippen molar-refractivity contribution in [2.24, 2.45) is 0 Å². The molecule has 1 saturated carbocycles. The van der Waals surface area contributed by atoms with Gasteiger partial charge in [0.1, 0.15) is 0 Å². The lowest BCUT2D eigenvalue weighted by atomic mass is 9.95. The lowest BCUT2D eigenvalue weighted by molar-refractivity contribution is -0.138. The average molecular weight is 429 g/mol. The Hall–Kier alpha value is -3.45. The van der Waals surface area contributed by atoms with Crippen molar-refractivity contribution in [3.8, 4) is 11.1 Å². The molecule has 2 aromatic carbocycles. The number of oxazole rings is 1. The number of carboxylic acids is 1. The summed E-state index contributed by atoms with van der Waals surface area (Å²) in [7, 11) is 0. The quantitative estimate of drug-likeness (QED) is 0.524. The predicted molar refractivity (Wildman–Crippen MR) is 121 cm³/mol. The Morgan fingerprint density at radius 2 is 1.94 bits per heavy atom. The van der Waals surface area contributed by atoms with E-state index in [2.05, 4.69) is 36.2 Å². The highest BCUT2D eigenvalue weighted by atomic mass is 16.4. The summed E-state index contributed by atoms with van der Waals surface area (Å²) in [5.41, 5.74) is 7.33. The monoisotopic (exact) mass is 429 g/mol. The fourth-order valence-corrected chi connectivity index (χ4v) is 5.09. The fraction of sp³-hybridized carbons (Fsp3) is 0.320. The molecule has 3 heterocycles. The van der Waals surface area contributed by atoms with Crippen LogP contribution in [0.3, 0.4) is 0 Å². The third-order valence-electron chi connectivity index (χ3n) is 6.65. The molecule has 0 atom stereocenters. The number of rotatable bonds is 4. The van der Waals surface area contributed by atoms with E-state index < -0.39 is 5.97 Å². The molecule has 2 aliphatic rings. The maximum Gasteiger partial charge on any atom is 0.317 e. The summed E-state index contributed by atoms with van der Waals surface area (Å²) in [5, 5.41) is 10.0. The Morgan fingerprint density at radius 3 is 2.69 bits per heavy atom. The van der Waals surface area contributed by atoms with E-state index in [9.17, 15) is 9.59 Å². The van der Waals surface area contributed by atoms with E-state index in [1.165, 1.54) is 5.56 Å². The molecule has 32 heavy (non-hydrogen) atoms. The summed E-state index contributed by atoms with van der Waals surface area (Å²) in [5.74, 6) is -0.311. The minimum absolute atomic E-state index is 0.0410. The van der Waals surface area contributed by atoms with Gasteiger partial charge in [0.2, 0.25) is 0 Å². The Bertz CT molecular complexity index is 1490. The van der Waals surface area contributed by atoms with Crippen LogP contribution < -0.4 is 5.56 Å². The summed E-state index contributed by atoms with van der Waals surface area (Å²) < 4.78 is 7.76. The van der Waals surface area contributed by atoms with E-state index >= 15 is 0 Å². The van der Waals surface area contributed by atoms with Crippen LogP contribution in [-0.2, 0) is 17.9 Å². The zero-order valence-electron chi connectivity index (χ0n) is 18.0. The molecule has 7 nitrogen and oxygen atoms in total. The van der Waals surface area contributed by atoms with Crippen LogP contribution in [0.15, 0.2) is 39.5 Å². The number of carboxylic acid groups (broad SMARTS) is 1. The molecule has 4 aromatic rings. The molecular formula is C25H23N3O4. The number of nitrogens with zero attached hydrogens (tertiary/aromatic N) is 3. The highest BCUT2D eigenvalue weighted by Gasteiger charge is 2.30. The number of hydrogen-bond acceptors (Lipinski definition) is 5. The highest BCUT2D eigenvalue weighted by molar-refractivity contribution is 6.04. The number of benzene rings is 2. The van der Waals surface area contributed by atoms with E-state index in [0.717, 1.165) is 46.0 Å². The van der Waals surface area contributed by atoms with Gasteiger partial charge in [-0.3, -0.25) is 14.5 Å². The topological polar surface area (TPSA) is 88.6 Å². The van der Waals surface area contributed by atoms with Crippen LogP contribution in [-0.4, -0.2) is 32.1 Å². The van der Waals surface area contributed by atoms with E-state index in [-0.39, 0.29) is 18.1 Å². The molecule has 1 aliphatic heterocycles. The number of carbonyl (C=O) groups is 1. The molecule has 0 bridgehead atoms. The summed E-state index contributed by atoms with van der Waals surface area (Å²) in [4.78, 5) is 30.7. The smallest absolute Gasteiger partial charge is 0.317 e.